The lowest BCUT2D eigenvalue weighted by Crippen LogP contribution is -2.58. The summed E-state index contributed by atoms with van der Waals surface area (Å²) in [5.41, 5.74) is 8.73. The molecular formula is C28H30N2O6. The number of carbonyl (C=O) groups is 1. The highest BCUT2D eigenvalue weighted by Crippen LogP contribution is 2.35. The predicted molar refractivity (Wildman–Crippen MR) is 134 cm³/mol. The van der Waals surface area contributed by atoms with Crippen LogP contribution in [0.1, 0.15) is 28.4 Å². The molecule has 4 unspecified atom stereocenters. The molecule has 3 aromatic carbocycles. The molecule has 0 bridgehead atoms. The van der Waals surface area contributed by atoms with E-state index in [0.29, 0.717) is 18.6 Å². The third kappa shape index (κ3) is 4.74. The van der Waals surface area contributed by atoms with Gasteiger partial charge in [0.15, 0.2) is 5.78 Å². The first-order valence-electron chi connectivity index (χ1n) is 12.1. The Balaban J connectivity index is 1.53. The Morgan fingerprint density at radius 1 is 1.08 bits per heavy atom. The van der Waals surface area contributed by atoms with E-state index in [1.165, 1.54) is 0 Å². The van der Waals surface area contributed by atoms with Gasteiger partial charge in [-0.2, -0.15) is 5.48 Å². The van der Waals surface area contributed by atoms with Gasteiger partial charge in [0.05, 0.1) is 18.3 Å². The van der Waals surface area contributed by atoms with Crippen molar-refractivity contribution < 1.29 is 29.7 Å². The number of rotatable bonds is 6. The molecule has 1 fully saturated rings. The summed E-state index contributed by atoms with van der Waals surface area (Å²) >= 11 is 0. The van der Waals surface area contributed by atoms with Crippen molar-refractivity contribution >= 4 is 11.5 Å². The van der Waals surface area contributed by atoms with E-state index < -0.39 is 36.7 Å². The van der Waals surface area contributed by atoms with Gasteiger partial charge in [-0.15, -0.1) is 0 Å². The number of fused-ring (bicyclic) bond motifs is 1. The third-order valence-corrected chi connectivity index (χ3v) is 6.84. The topological polar surface area (TPSA) is 120 Å². The van der Waals surface area contributed by atoms with Crippen molar-refractivity contribution in [1.29, 1.82) is 0 Å². The summed E-state index contributed by atoms with van der Waals surface area (Å²) in [6, 6.07) is 18.9. The van der Waals surface area contributed by atoms with Crippen molar-refractivity contribution in [3.05, 3.63) is 82.9 Å². The number of aliphatic hydroxyl groups excluding tert-OH is 2. The first-order chi connectivity index (χ1) is 17.5. The van der Waals surface area contributed by atoms with E-state index in [1.807, 2.05) is 42.7 Å². The molecule has 0 saturated carbocycles. The average molecular weight is 491 g/mol. The lowest BCUT2D eigenvalue weighted by atomic mass is 9.87. The van der Waals surface area contributed by atoms with Crippen LogP contribution in [0, 0.1) is 6.92 Å². The van der Waals surface area contributed by atoms with Gasteiger partial charge in [0.1, 0.15) is 30.7 Å². The normalized spacial score (nSPS) is 23.5. The van der Waals surface area contributed by atoms with Gasteiger partial charge in [-0.3, -0.25) is 4.79 Å². The van der Waals surface area contributed by atoms with Gasteiger partial charge in [-0.25, -0.2) is 0 Å². The maximum Gasteiger partial charge on any atom is 0.196 e. The van der Waals surface area contributed by atoms with Gasteiger partial charge in [0.25, 0.3) is 0 Å². The first-order valence-corrected chi connectivity index (χ1v) is 12.1. The Labute approximate surface area is 209 Å². The maximum absolute atomic E-state index is 12.9. The van der Waals surface area contributed by atoms with E-state index in [1.54, 1.807) is 0 Å². The Hall–Kier alpha value is -3.27. The molecule has 1 saturated heterocycles. The van der Waals surface area contributed by atoms with E-state index in [0.717, 1.165) is 45.8 Å². The number of Topliss-reactive ketones (excluding diaryl/α,β-unsaturated/α-hetero) is 1. The van der Waals surface area contributed by atoms with Crippen molar-refractivity contribution in [2.24, 2.45) is 0 Å². The van der Waals surface area contributed by atoms with Gasteiger partial charge in [-0.05, 0) is 53.3 Å². The van der Waals surface area contributed by atoms with Crippen molar-refractivity contribution in [1.82, 2.24) is 5.48 Å². The Kier molecular flexibility index (Phi) is 7.04. The standard InChI is InChI=1S/C28H30N2O6/c1-16-2-5-18(6-3-16)21-8-7-19(28-27(33)26(32)25(30-34)24(15-31)36-28)14-20(21)12-17-4-9-23-22(13-17)29-10-11-35-23/h2-9,13-14,24-26,28-32,34H,10-12,15H2,1H3. The molecule has 8 nitrogen and oxygen atoms in total. The van der Waals surface area contributed by atoms with Crippen LogP contribution in [-0.2, 0) is 16.0 Å². The molecule has 0 aromatic heterocycles. The van der Waals surface area contributed by atoms with Crippen LogP contribution >= 0.6 is 0 Å². The molecule has 5 rings (SSSR count). The maximum atomic E-state index is 12.9. The quantitative estimate of drug-likeness (QED) is 0.335. The number of hydrogen-bond donors (Lipinski definition) is 5. The van der Waals surface area contributed by atoms with E-state index in [-0.39, 0.29) is 0 Å². The summed E-state index contributed by atoms with van der Waals surface area (Å²) in [5, 5.41) is 32.9. The van der Waals surface area contributed by atoms with Crippen LogP contribution in [0.3, 0.4) is 0 Å². The summed E-state index contributed by atoms with van der Waals surface area (Å²) in [7, 11) is 0. The zero-order chi connectivity index (χ0) is 25.2. The minimum atomic E-state index is -1.52. The smallest absolute Gasteiger partial charge is 0.196 e. The molecule has 8 heteroatoms. The number of aryl methyl sites for hydroxylation is 1. The minimum Gasteiger partial charge on any atom is -0.490 e. The van der Waals surface area contributed by atoms with Crippen LogP contribution < -0.4 is 15.5 Å². The summed E-state index contributed by atoms with van der Waals surface area (Å²) < 4.78 is 11.5. The van der Waals surface area contributed by atoms with E-state index in [2.05, 4.69) is 35.6 Å². The Bertz CT molecular complexity index is 1250. The number of hydrogen-bond acceptors (Lipinski definition) is 8. The fourth-order valence-corrected chi connectivity index (χ4v) is 4.87. The monoisotopic (exact) mass is 490 g/mol. The van der Waals surface area contributed by atoms with E-state index >= 15 is 0 Å². The fraction of sp³-hybridized carbons (Fsp3) is 0.321. The number of benzene rings is 3. The zero-order valence-corrected chi connectivity index (χ0v) is 20.0. The van der Waals surface area contributed by atoms with Crippen molar-refractivity contribution in [3.8, 4) is 16.9 Å². The SMILES string of the molecule is Cc1ccc(-c2ccc(C3OC(CO)C(NO)C(O)C3=O)cc2Cc2ccc3c(c2)NCCO3)cc1. The van der Waals surface area contributed by atoms with Crippen LogP contribution in [-0.4, -0.2) is 59.2 Å². The molecule has 0 amide bonds. The Morgan fingerprint density at radius 3 is 2.64 bits per heavy atom. The summed E-state index contributed by atoms with van der Waals surface area (Å²) in [5.74, 6) is 0.255. The van der Waals surface area contributed by atoms with Crippen LogP contribution in [0.2, 0.25) is 0 Å². The molecule has 4 atom stereocenters. The molecule has 0 aliphatic carbocycles. The number of hydroxylamine groups is 1. The highest BCUT2D eigenvalue weighted by Gasteiger charge is 2.44. The number of ether oxygens (including phenoxy) is 2. The first kappa shape index (κ1) is 24.4. The zero-order valence-electron chi connectivity index (χ0n) is 20.0. The predicted octanol–water partition coefficient (Wildman–Crippen LogP) is 2.77. The molecule has 3 aromatic rings. The molecule has 36 heavy (non-hydrogen) atoms. The molecular weight excluding hydrogens is 460 g/mol. The molecule has 5 N–H and O–H groups in total. The van der Waals surface area contributed by atoms with Gasteiger partial charge in [0.2, 0.25) is 0 Å². The average Bonchev–Trinajstić information content (AvgIpc) is 2.90. The van der Waals surface area contributed by atoms with Crippen LogP contribution in [0.4, 0.5) is 5.69 Å². The van der Waals surface area contributed by atoms with Gasteiger partial charge in [0, 0.05) is 6.54 Å². The largest absolute Gasteiger partial charge is 0.490 e. The second kappa shape index (κ2) is 10.4. The second-order valence-corrected chi connectivity index (χ2v) is 9.30. The number of aliphatic hydroxyl groups is 2. The summed E-state index contributed by atoms with van der Waals surface area (Å²) in [4.78, 5) is 12.9. The number of carbonyl (C=O) groups excluding carboxylic acids is 1. The van der Waals surface area contributed by atoms with E-state index in [9.17, 15) is 20.2 Å². The molecule has 0 spiro atoms. The second-order valence-electron chi connectivity index (χ2n) is 9.30. The van der Waals surface area contributed by atoms with Crippen molar-refractivity contribution in [2.45, 2.75) is 37.7 Å². The van der Waals surface area contributed by atoms with Crippen molar-refractivity contribution in [3.63, 3.8) is 0 Å². The van der Waals surface area contributed by atoms with Crippen LogP contribution in [0.5, 0.6) is 5.75 Å². The molecule has 0 radical (unpaired) electrons. The lowest BCUT2D eigenvalue weighted by molar-refractivity contribution is -0.176. The molecule has 188 valence electrons. The van der Waals surface area contributed by atoms with Gasteiger partial charge >= 0.3 is 0 Å². The third-order valence-electron chi connectivity index (χ3n) is 6.84. The summed E-state index contributed by atoms with van der Waals surface area (Å²) in [6.07, 6.45) is -2.93. The minimum absolute atomic E-state index is 0.461. The fourth-order valence-electron chi connectivity index (χ4n) is 4.87. The molecule has 2 heterocycles. The summed E-state index contributed by atoms with van der Waals surface area (Å²) in [6.45, 7) is 2.96. The number of ketones is 1. The number of nitrogens with one attached hydrogen (secondary N) is 2. The molecule has 2 aliphatic rings. The van der Waals surface area contributed by atoms with Crippen LogP contribution in [0.15, 0.2) is 60.7 Å². The van der Waals surface area contributed by atoms with E-state index in [4.69, 9.17) is 9.47 Å². The van der Waals surface area contributed by atoms with Gasteiger partial charge in [-0.1, -0.05) is 54.1 Å². The molecule has 2 aliphatic heterocycles. The van der Waals surface area contributed by atoms with Gasteiger partial charge < -0.3 is 30.2 Å². The highest BCUT2D eigenvalue weighted by atomic mass is 16.5. The van der Waals surface area contributed by atoms with Crippen molar-refractivity contribution in [2.75, 3.05) is 25.1 Å². The van der Waals surface area contributed by atoms with Crippen LogP contribution in [0.25, 0.3) is 11.1 Å². The highest BCUT2D eigenvalue weighted by molar-refractivity contribution is 5.90. The Morgan fingerprint density at radius 2 is 1.89 bits per heavy atom. The lowest BCUT2D eigenvalue weighted by Gasteiger charge is -2.37. The number of anilines is 1.